The molecule has 5 rings (SSSR count). The van der Waals surface area contributed by atoms with E-state index in [0.717, 1.165) is 22.6 Å². The quantitative estimate of drug-likeness (QED) is 0.186. The van der Waals surface area contributed by atoms with E-state index in [9.17, 15) is 4.79 Å². The lowest BCUT2D eigenvalue weighted by Crippen LogP contribution is -2.29. The normalized spacial score (nSPS) is 13.2. The molecule has 1 fully saturated rings. The van der Waals surface area contributed by atoms with Crippen molar-refractivity contribution in [2.45, 2.75) is 52.1 Å². The Morgan fingerprint density at radius 3 is 2.38 bits per heavy atom. The fourth-order valence-electron chi connectivity index (χ4n) is 4.35. The average molecular weight is 581 g/mol. The van der Waals surface area contributed by atoms with Gasteiger partial charge in [-0.05, 0) is 47.4 Å². The molecule has 0 atom stereocenters. The van der Waals surface area contributed by atoms with Crippen molar-refractivity contribution < 1.29 is 9.21 Å². The number of furan rings is 1. The Morgan fingerprint density at radius 1 is 0.900 bits per heavy atom. The van der Waals surface area contributed by atoms with Gasteiger partial charge in [0.1, 0.15) is 5.82 Å². The number of hydrogen-bond donors (Lipinski definition) is 3. The van der Waals surface area contributed by atoms with Crippen molar-refractivity contribution >= 4 is 40.9 Å². The van der Waals surface area contributed by atoms with E-state index in [4.69, 9.17) is 27.6 Å². The molecule has 40 heavy (non-hydrogen) atoms. The molecule has 9 heteroatoms. The molecule has 4 aromatic rings. The number of aromatic nitrogens is 2. The summed E-state index contributed by atoms with van der Waals surface area (Å²) >= 11 is 12.0. The molecular weight excluding hydrogens is 545 g/mol. The third-order valence-electron chi connectivity index (χ3n) is 6.61. The van der Waals surface area contributed by atoms with E-state index in [1.54, 1.807) is 30.7 Å². The highest BCUT2D eigenvalue weighted by atomic mass is 35.5. The Hall–Kier alpha value is -3.55. The second-order valence-corrected chi connectivity index (χ2v) is 10.8. The van der Waals surface area contributed by atoms with E-state index in [0.29, 0.717) is 40.6 Å². The fraction of sp³-hybridized carbons (Fsp3) is 0.323. The van der Waals surface area contributed by atoms with Gasteiger partial charge in [0.05, 0.1) is 24.8 Å². The maximum Gasteiger partial charge on any atom is 0.239 e. The first-order chi connectivity index (χ1) is 19.4. The van der Waals surface area contributed by atoms with E-state index in [1.165, 1.54) is 32.1 Å². The van der Waals surface area contributed by atoms with Crippen molar-refractivity contribution in [3.05, 3.63) is 94.4 Å². The molecule has 7 nitrogen and oxygen atoms in total. The first-order valence-corrected chi connectivity index (χ1v) is 14.3. The van der Waals surface area contributed by atoms with Crippen molar-refractivity contribution in [2.75, 3.05) is 17.2 Å². The van der Waals surface area contributed by atoms with Gasteiger partial charge in [-0.15, -0.1) is 0 Å². The second-order valence-electron chi connectivity index (χ2n) is 9.96. The largest absolute Gasteiger partial charge is 0.472 e. The average Bonchev–Trinajstić information content (AvgIpc) is 3.51. The second kappa shape index (κ2) is 15.3. The van der Waals surface area contributed by atoms with Crippen molar-refractivity contribution in [3.8, 4) is 11.3 Å². The number of hydrogen-bond acceptors (Lipinski definition) is 6. The van der Waals surface area contributed by atoms with Gasteiger partial charge in [-0.2, -0.15) is 4.98 Å². The monoisotopic (exact) mass is 579 g/mol. The molecule has 2 heterocycles. The molecule has 0 saturated heterocycles. The number of nitrogens with one attached hydrogen (secondary N) is 3. The Morgan fingerprint density at radius 2 is 1.70 bits per heavy atom. The number of carbonyl (C=O) groups is 1. The third kappa shape index (κ3) is 9.88. The van der Waals surface area contributed by atoms with Crippen molar-refractivity contribution in [1.29, 1.82) is 0 Å². The molecule has 0 spiro atoms. The SMILES string of the molecule is CC1CCCCC1.O=C(CNc1cc(-c2ccoc2)nc(NCc2cccc(Cl)c2)n1)NCc1ccc(Cl)cc1. The maximum atomic E-state index is 12.3. The van der Waals surface area contributed by atoms with E-state index < -0.39 is 0 Å². The molecule has 0 bridgehead atoms. The van der Waals surface area contributed by atoms with Gasteiger partial charge >= 0.3 is 0 Å². The van der Waals surface area contributed by atoms with Crippen LogP contribution in [-0.2, 0) is 17.9 Å². The van der Waals surface area contributed by atoms with E-state index in [-0.39, 0.29) is 12.5 Å². The van der Waals surface area contributed by atoms with Crippen LogP contribution < -0.4 is 16.0 Å². The van der Waals surface area contributed by atoms with Crippen LogP contribution in [0.5, 0.6) is 0 Å². The maximum absolute atomic E-state index is 12.3. The Bertz CT molecular complexity index is 1340. The van der Waals surface area contributed by atoms with Crippen LogP contribution in [0.1, 0.15) is 50.2 Å². The minimum atomic E-state index is -0.165. The predicted octanol–water partition coefficient (Wildman–Crippen LogP) is 7.97. The first-order valence-electron chi connectivity index (χ1n) is 13.6. The number of nitrogens with zero attached hydrogens (tertiary/aromatic N) is 2. The standard InChI is InChI=1S/C24H21Cl2N5O2.C7H14/c25-19-6-4-16(5-7-19)12-28-23(32)14-27-22-11-21(18-8-9-33-15-18)30-24(31-22)29-13-17-2-1-3-20(26)10-17;1-7-5-3-2-4-6-7/h1-11,15H,12-14H2,(H,28,32)(H2,27,29,30,31);7H,2-6H2,1H3. The van der Waals surface area contributed by atoms with Gasteiger partial charge in [-0.1, -0.05) is 86.5 Å². The van der Waals surface area contributed by atoms with Crippen LogP contribution in [0.2, 0.25) is 10.0 Å². The zero-order valence-corrected chi connectivity index (χ0v) is 24.1. The number of rotatable bonds is 9. The zero-order chi connectivity index (χ0) is 28.2. The van der Waals surface area contributed by atoms with Crippen LogP contribution in [0.3, 0.4) is 0 Å². The molecule has 0 radical (unpaired) electrons. The summed E-state index contributed by atoms with van der Waals surface area (Å²) in [5, 5.41) is 10.5. The molecule has 2 aromatic heterocycles. The van der Waals surface area contributed by atoms with E-state index >= 15 is 0 Å². The van der Waals surface area contributed by atoms with Gasteiger partial charge in [0.25, 0.3) is 0 Å². The van der Waals surface area contributed by atoms with Crippen LogP contribution in [0.25, 0.3) is 11.3 Å². The molecule has 3 N–H and O–H groups in total. The summed E-state index contributed by atoms with van der Waals surface area (Å²) in [6, 6.07) is 18.4. The smallest absolute Gasteiger partial charge is 0.239 e. The topological polar surface area (TPSA) is 92.1 Å². The molecule has 1 amide bonds. The van der Waals surface area contributed by atoms with Gasteiger partial charge in [-0.3, -0.25) is 4.79 Å². The number of anilines is 2. The predicted molar refractivity (Wildman–Crippen MR) is 163 cm³/mol. The number of halogens is 2. The molecule has 2 aromatic carbocycles. The molecule has 1 aliphatic rings. The summed E-state index contributed by atoms with van der Waals surface area (Å²) in [4.78, 5) is 21.4. The van der Waals surface area contributed by atoms with Gasteiger partial charge in [-0.25, -0.2) is 4.98 Å². The fourth-order valence-corrected chi connectivity index (χ4v) is 4.68. The van der Waals surface area contributed by atoms with Gasteiger partial charge in [0.2, 0.25) is 11.9 Å². The van der Waals surface area contributed by atoms with Gasteiger partial charge in [0, 0.05) is 34.8 Å². The first kappa shape index (κ1) is 29.4. The van der Waals surface area contributed by atoms with Crippen LogP contribution in [0.4, 0.5) is 11.8 Å². The van der Waals surface area contributed by atoms with Crippen LogP contribution in [0.15, 0.2) is 77.6 Å². The van der Waals surface area contributed by atoms with Crippen molar-refractivity contribution in [2.24, 2.45) is 5.92 Å². The van der Waals surface area contributed by atoms with E-state index in [1.807, 2.05) is 42.5 Å². The highest BCUT2D eigenvalue weighted by Gasteiger charge is 2.10. The molecule has 210 valence electrons. The number of benzene rings is 2. The third-order valence-corrected chi connectivity index (χ3v) is 7.10. The molecule has 1 saturated carbocycles. The van der Waals surface area contributed by atoms with Gasteiger partial charge < -0.3 is 20.4 Å². The van der Waals surface area contributed by atoms with Crippen LogP contribution in [0, 0.1) is 5.92 Å². The summed E-state index contributed by atoms with van der Waals surface area (Å²) < 4.78 is 5.18. The summed E-state index contributed by atoms with van der Waals surface area (Å²) in [5.41, 5.74) is 3.43. The lowest BCUT2D eigenvalue weighted by molar-refractivity contribution is -0.119. The Kier molecular flexibility index (Phi) is 11.3. The highest BCUT2D eigenvalue weighted by Crippen LogP contribution is 2.23. The zero-order valence-electron chi connectivity index (χ0n) is 22.6. The minimum absolute atomic E-state index is 0.0587. The molecule has 0 unspecified atom stereocenters. The van der Waals surface area contributed by atoms with Crippen molar-refractivity contribution in [3.63, 3.8) is 0 Å². The lowest BCUT2D eigenvalue weighted by Gasteiger charge is -2.15. The van der Waals surface area contributed by atoms with Crippen LogP contribution >= 0.6 is 23.2 Å². The Labute approximate surface area is 245 Å². The minimum Gasteiger partial charge on any atom is -0.472 e. The lowest BCUT2D eigenvalue weighted by atomic mass is 9.91. The summed E-state index contributed by atoms with van der Waals surface area (Å²) in [6.45, 7) is 3.33. The number of carbonyl (C=O) groups excluding carboxylic acids is 1. The summed E-state index contributed by atoms with van der Waals surface area (Å²) in [7, 11) is 0. The van der Waals surface area contributed by atoms with E-state index in [2.05, 4.69) is 32.8 Å². The van der Waals surface area contributed by atoms with Gasteiger partial charge in [0.15, 0.2) is 0 Å². The Balaban J connectivity index is 0.000000461. The summed E-state index contributed by atoms with van der Waals surface area (Å²) in [5.74, 6) is 1.80. The number of amides is 1. The summed E-state index contributed by atoms with van der Waals surface area (Å²) in [6.07, 6.45) is 10.6. The van der Waals surface area contributed by atoms with Crippen LogP contribution in [-0.4, -0.2) is 22.4 Å². The molecular formula is C31H35Cl2N5O2. The molecule has 0 aliphatic heterocycles. The van der Waals surface area contributed by atoms with Crippen molar-refractivity contribution in [1.82, 2.24) is 15.3 Å². The highest BCUT2D eigenvalue weighted by molar-refractivity contribution is 6.30. The molecule has 1 aliphatic carbocycles.